The molecule has 3 rings (SSSR count). The van der Waals surface area contributed by atoms with Crippen LogP contribution < -0.4 is 0 Å². The average molecular weight is 339 g/mol. The number of carbonyl (C=O) groups excluding carboxylic acids is 1. The molecule has 1 aromatic carbocycles. The fourth-order valence-electron chi connectivity index (χ4n) is 2.80. The quantitative estimate of drug-likeness (QED) is 0.933. The van der Waals surface area contributed by atoms with Crippen molar-refractivity contribution in [1.82, 2.24) is 10.1 Å². The second-order valence-corrected chi connectivity index (χ2v) is 6.21. The average Bonchev–Trinajstić information content (AvgIpc) is 3.08. The molecule has 1 saturated heterocycles. The Morgan fingerprint density at radius 1 is 1.48 bits per heavy atom. The summed E-state index contributed by atoms with van der Waals surface area (Å²) in [5.41, 5.74) is 1.08. The van der Waals surface area contributed by atoms with E-state index in [1.165, 1.54) is 12.1 Å². The third-order valence-electron chi connectivity index (χ3n) is 4.00. The van der Waals surface area contributed by atoms with Crippen molar-refractivity contribution in [1.29, 1.82) is 0 Å². The monoisotopic (exact) mass is 338 g/mol. The number of likely N-dealkylation sites (tertiary alicyclic amines) is 1. The van der Waals surface area contributed by atoms with Crippen molar-refractivity contribution >= 4 is 17.5 Å². The van der Waals surface area contributed by atoms with E-state index in [-0.39, 0.29) is 23.4 Å². The Morgan fingerprint density at radius 2 is 2.26 bits per heavy atom. The number of benzene rings is 1. The van der Waals surface area contributed by atoms with Gasteiger partial charge in [0.15, 0.2) is 0 Å². The number of nitrogens with zero attached hydrogens (tertiary/aromatic N) is 2. The fraction of sp³-hybridized carbons (Fsp3) is 0.375. The maximum Gasteiger partial charge on any atom is 0.254 e. The van der Waals surface area contributed by atoms with Crippen LogP contribution in [0.1, 0.15) is 21.8 Å². The van der Waals surface area contributed by atoms with E-state index in [1.807, 2.05) is 13.0 Å². The van der Waals surface area contributed by atoms with Gasteiger partial charge in [-0.15, -0.1) is 0 Å². The molecular formula is C16H16ClFN2O3. The maximum absolute atomic E-state index is 13.2. The first-order valence-corrected chi connectivity index (χ1v) is 7.66. The lowest BCUT2D eigenvalue weighted by Crippen LogP contribution is -2.29. The molecule has 0 unspecified atom stereocenters. The van der Waals surface area contributed by atoms with Crippen LogP contribution in [0.15, 0.2) is 28.8 Å². The Morgan fingerprint density at radius 3 is 2.91 bits per heavy atom. The van der Waals surface area contributed by atoms with Crippen LogP contribution in [0.3, 0.4) is 0 Å². The van der Waals surface area contributed by atoms with E-state index in [0.29, 0.717) is 24.3 Å². The van der Waals surface area contributed by atoms with Gasteiger partial charge in [-0.1, -0.05) is 16.8 Å². The molecule has 2 heterocycles. The number of rotatable bonds is 3. The zero-order valence-corrected chi connectivity index (χ0v) is 13.3. The van der Waals surface area contributed by atoms with Gasteiger partial charge in [-0.05, 0) is 25.1 Å². The molecule has 0 bridgehead atoms. The van der Waals surface area contributed by atoms with Crippen LogP contribution in [-0.4, -0.2) is 40.3 Å². The molecule has 5 nitrogen and oxygen atoms in total. The molecule has 1 amide bonds. The third kappa shape index (κ3) is 3.38. The lowest BCUT2D eigenvalue weighted by atomic mass is 10.0. The summed E-state index contributed by atoms with van der Waals surface area (Å²) in [4.78, 5) is 14.0. The third-order valence-corrected chi connectivity index (χ3v) is 4.29. The predicted octanol–water partition coefficient (Wildman–Crippen LogP) is 2.45. The second-order valence-electron chi connectivity index (χ2n) is 5.81. The summed E-state index contributed by atoms with van der Waals surface area (Å²) in [7, 11) is 0. The largest absolute Gasteiger partial charge is 0.391 e. The minimum absolute atomic E-state index is 0.0933. The lowest BCUT2D eigenvalue weighted by molar-refractivity contribution is 0.0764. The molecule has 0 saturated carbocycles. The number of aliphatic hydroxyl groups excluding tert-OH is 1. The minimum atomic E-state index is -0.639. The van der Waals surface area contributed by atoms with Crippen molar-refractivity contribution in [2.45, 2.75) is 19.4 Å². The van der Waals surface area contributed by atoms with Gasteiger partial charge in [0.1, 0.15) is 11.6 Å². The summed E-state index contributed by atoms with van der Waals surface area (Å²) in [5, 5.41) is 13.9. The Labute approximate surface area is 137 Å². The lowest BCUT2D eigenvalue weighted by Gasteiger charge is -2.16. The van der Waals surface area contributed by atoms with Gasteiger partial charge in [0.05, 0.1) is 16.8 Å². The highest BCUT2D eigenvalue weighted by Gasteiger charge is 2.35. The zero-order chi connectivity index (χ0) is 16.6. The van der Waals surface area contributed by atoms with Crippen LogP contribution in [-0.2, 0) is 6.42 Å². The summed E-state index contributed by atoms with van der Waals surface area (Å²) in [5.74, 6) is -0.279. The highest BCUT2D eigenvalue weighted by molar-refractivity contribution is 6.31. The van der Waals surface area contributed by atoms with Gasteiger partial charge in [-0.25, -0.2) is 4.39 Å². The molecule has 1 aromatic heterocycles. The highest BCUT2D eigenvalue weighted by Crippen LogP contribution is 2.24. The van der Waals surface area contributed by atoms with Gasteiger partial charge in [0.25, 0.3) is 5.91 Å². The molecule has 0 spiro atoms. The standard InChI is InChI=1S/C16H16ClFN2O3/c1-9-4-12(23-19-9)5-11-7-20(8-15(11)21)16(22)10-2-3-14(18)13(17)6-10/h2-4,6,11,15,21H,5,7-8H2,1H3/t11-,15+/m1/s1. The van der Waals surface area contributed by atoms with Crippen LogP contribution in [0.25, 0.3) is 0 Å². The number of carbonyl (C=O) groups is 1. The van der Waals surface area contributed by atoms with Gasteiger partial charge in [-0.2, -0.15) is 0 Å². The number of aromatic nitrogens is 1. The SMILES string of the molecule is Cc1cc(C[C@@H]2CN(C(=O)c3ccc(F)c(Cl)c3)C[C@@H]2O)on1. The van der Waals surface area contributed by atoms with E-state index in [2.05, 4.69) is 5.16 Å². The van der Waals surface area contributed by atoms with Gasteiger partial charge in [0.2, 0.25) is 0 Å². The van der Waals surface area contributed by atoms with Gasteiger partial charge >= 0.3 is 0 Å². The Hall–Kier alpha value is -1.92. The molecule has 7 heteroatoms. The van der Waals surface area contributed by atoms with Gasteiger partial charge in [-0.3, -0.25) is 4.79 Å². The summed E-state index contributed by atoms with van der Waals surface area (Å²) >= 11 is 5.72. The Kier molecular flexibility index (Phi) is 4.37. The van der Waals surface area contributed by atoms with Crippen LogP contribution in [0.4, 0.5) is 4.39 Å². The van der Waals surface area contributed by atoms with Crippen molar-refractivity contribution in [3.05, 3.63) is 52.1 Å². The van der Waals surface area contributed by atoms with Crippen molar-refractivity contribution in [3.63, 3.8) is 0 Å². The van der Waals surface area contributed by atoms with Crippen LogP contribution in [0, 0.1) is 18.7 Å². The van der Waals surface area contributed by atoms with E-state index in [4.69, 9.17) is 16.1 Å². The van der Waals surface area contributed by atoms with E-state index >= 15 is 0 Å². The summed E-state index contributed by atoms with van der Waals surface area (Å²) in [6.45, 7) is 2.45. The molecule has 122 valence electrons. The second kappa shape index (κ2) is 6.29. The topological polar surface area (TPSA) is 66.6 Å². The normalized spacial score (nSPS) is 21.0. The first-order chi connectivity index (χ1) is 10.9. The van der Waals surface area contributed by atoms with E-state index < -0.39 is 11.9 Å². The molecule has 1 aliphatic heterocycles. The Balaban J connectivity index is 1.69. The molecule has 2 aromatic rings. The van der Waals surface area contributed by atoms with Crippen molar-refractivity contribution in [3.8, 4) is 0 Å². The predicted molar refractivity (Wildman–Crippen MR) is 81.8 cm³/mol. The molecule has 0 radical (unpaired) electrons. The van der Waals surface area contributed by atoms with Crippen LogP contribution in [0.2, 0.25) is 5.02 Å². The number of halogens is 2. The number of amides is 1. The maximum atomic E-state index is 13.2. The van der Waals surface area contributed by atoms with E-state index in [0.717, 1.165) is 11.8 Å². The molecule has 23 heavy (non-hydrogen) atoms. The number of β-amino-alcohol motifs (C(OH)–C–C–N with tert-alkyl or cyclic N) is 1. The molecular weight excluding hydrogens is 323 g/mol. The summed E-state index contributed by atoms with van der Waals surface area (Å²) < 4.78 is 18.4. The molecule has 1 aliphatic rings. The van der Waals surface area contributed by atoms with Crippen LogP contribution >= 0.6 is 11.6 Å². The van der Waals surface area contributed by atoms with Crippen molar-refractivity contribution in [2.75, 3.05) is 13.1 Å². The highest BCUT2D eigenvalue weighted by atomic mass is 35.5. The smallest absolute Gasteiger partial charge is 0.254 e. The fourth-order valence-corrected chi connectivity index (χ4v) is 2.98. The first-order valence-electron chi connectivity index (χ1n) is 7.28. The first kappa shape index (κ1) is 16.0. The van der Waals surface area contributed by atoms with Crippen molar-refractivity contribution < 1.29 is 18.8 Å². The zero-order valence-electron chi connectivity index (χ0n) is 12.5. The van der Waals surface area contributed by atoms with E-state index in [1.54, 1.807) is 4.90 Å². The minimum Gasteiger partial charge on any atom is -0.391 e. The number of hydrogen-bond donors (Lipinski definition) is 1. The van der Waals surface area contributed by atoms with E-state index in [9.17, 15) is 14.3 Å². The van der Waals surface area contributed by atoms with Gasteiger partial charge < -0.3 is 14.5 Å². The van der Waals surface area contributed by atoms with Crippen molar-refractivity contribution in [2.24, 2.45) is 5.92 Å². The Bertz CT molecular complexity index is 734. The molecule has 1 fully saturated rings. The number of hydrogen-bond acceptors (Lipinski definition) is 4. The summed E-state index contributed by atoms with van der Waals surface area (Å²) in [6.07, 6.45) is -0.129. The van der Waals surface area contributed by atoms with Crippen LogP contribution in [0.5, 0.6) is 0 Å². The summed E-state index contributed by atoms with van der Waals surface area (Å²) in [6, 6.07) is 5.68. The molecule has 0 aliphatic carbocycles. The van der Waals surface area contributed by atoms with Gasteiger partial charge in [0, 0.05) is 37.1 Å². The molecule has 1 N–H and O–H groups in total. The molecule has 2 atom stereocenters. The number of aliphatic hydroxyl groups is 1. The number of aryl methyl sites for hydroxylation is 1.